The molecule has 0 bridgehead atoms. The molecule has 1 saturated heterocycles. The molecule has 2 atom stereocenters. The predicted octanol–water partition coefficient (Wildman–Crippen LogP) is 1.21. The lowest BCUT2D eigenvalue weighted by molar-refractivity contribution is -0.142. The number of likely N-dealkylation sites (tertiary alicyclic amines) is 1. The lowest BCUT2D eigenvalue weighted by Gasteiger charge is -2.26. The monoisotopic (exact) mass is 268 g/mol. The van der Waals surface area contributed by atoms with Crippen LogP contribution in [0.4, 0.5) is 0 Å². The van der Waals surface area contributed by atoms with Gasteiger partial charge in [-0.3, -0.25) is 9.59 Å². The number of carboxylic acid groups (broad SMARTS) is 1. The van der Waals surface area contributed by atoms with Crippen molar-refractivity contribution < 1.29 is 14.7 Å². The van der Waals surface area contributed by atoms with Crippen LogP contribution in [0.1, 0.15) is 30.2 Å². The molecule has 1 fully saturated rings. The first-order valence-electron chi connectivity index (χ1n) is 5.91. The molecule has 1 aliphatic rings. The number of nitrogens with zero attached hydrogens (tertiary/aromatic N) is 1. The van der Waals surface area contributed by atoms with Crippen LogP contribution in [0.25, 0.3) is 0 Å². The summed E-state index contributed by atoms with van der Waals surface area (Å²) in [6.45, 7) is 0.661. The number of carboxylic acids is 1. The second-order valence-electron chi connectivity index (χ2n) is 4.41. The molecule has 6 heteroatoms. The molecular weight excluding hydrogens is 252 g/mol. The molecule has 2 heterocycles. The van der Waals surface area contributed by atoms with Crippen LogP contribution in [-0.4, -0.2) is 34.5 Å². The van der Waals surface area contributed by atoms with E-state index < -0.39 is 12.0 Å². The van der Waals surface area contributed by atoms with Crippen LogP contribution >= 0.6 is 11.3 Å². The van der Waals surface area contributed by atoms with Crippen molar-refractivity contribution in [3.63, 3.8) is 0 Å². The fourth-order valence-electron chi connectivity index (χ4n) is 2.30. The van der Waals surface area contributed by atoms with Crippen molar-refractivity contribution in [3.05, 3.63) is 22.4 Å². The molecule has 5 nitrogen and oxygen atoms in total. The van der Waals surface area contributed by atoms with E-state index in [-0.39, 0.29) is 18.4 Å². The van der Waals surface area contributed by atoms with Gasteiger partial charge in [0.1, 0.15) is 0 Å². The Bertz CT molecular complexity index is 433. The summed E-state index contributed by atoms with van der Waals surface area (Å²) in [5.74, 6) is -1.30. The van der Waals surface area contributed by atoms with E-state index in [1.165, 1.54) is 0 Å². The second kappa shape index (κ2) is 5.49. The van der Waals surface area contributed by atoms with E-state index in [0.29, 0.717) is 6.54 Å². The Morgan fingerprint density at radius 3 is 3.00 bits per heavy atom. The molecule has 0 spiro atoms. The van der Waals surface area contributed by atoms with Gasteiger partial charge in [-0.05, 0) is 24.3 Å². The van der Waals surface area contributed by atoms with Crippen LogP contribution in [0.3, 0.4) is 0 Å². The number of thiophene rings is 1. The summed E-state index contributed by atoms with van der Waals surface area (Å²) in [5.41, 5.74) is 5.64. The third-order valence-electron chi connectivity index (χ3n) is 3.12. The van der Waals surface area contributed by atoms with E-state index >= 15 is 0 Å². The molecular formula is C12H16N2O3S. The Morgan fingerprint density at radius 2 is 2.39 bits per heavy atom. The van der Waals surface area contributed by atoms with E-state index in [4.69, 9.17) is 10.8 Å². The highest BCUT2D eigenvalue weighted by molar-refractivity contribution is 7.10. The highest BCUT2D eigenvalue weighted by Crippen LogP contribution is 2.34. The first kappa shape index (κ1) is 13.0. The average Bonchev–Trinajstić information content (AvgIpc) is 2.97. The van der Waals surface area contributed by atoms with Gasteiger partial charge in [-0.25, -0.2) is 0 Å². The molecule has 98 valence electrons. The predicted molar refractivity (Wildman–Crippen MR) is 68.2 cm³/mol. The highest BCUT2D eigenvalue weighted by atomic mass is 32.1. The maximum Gasteiger partial charge on any atom is 0.305 e. The summed E-state index contributed by atoms with van der Waals surface area (Å²) in [6, 6.07) is 3.09. The summed E-state index contributed by atoms with van der Waals surface area (Å²) in [6.07, 6.45) is 1.55. The average molecular weight is 268 g/mol. The SMILES string of the molecule is NC(CC(=O)O)C(=O)N1CCCC1c1cccs1. The van der Waals surface area contributed by atoms with Gasteiger partial charge < -0.3 is 15.7 Å². The summed E-state index contributed by atoms with van der Waals surface area (Å²) in [4.78, 5) is 25.6. The topological polar surface area (TPSA) is 83.6 Å². The number of nitrogens with two attached hydrogens (primary N) is 1. The first-order valence-corrected chi connectivity index (χ1v) is 6.79. The standard InChI is InChI=1S/C12H16N2O3S/c13-8(7-11(15)16)12(17)14-5-1-3-9(14)10-4-2-6-18-10/h2,4,6,8-9H,1,3,5,7,13H2,(H,15,16). The zero-order chi connectivity index (χ0) is 13.1. The molecule has 1 aliphatic heterocycles. The molecule has 1 amide bonds. The van der Waals surface area contributed by atoms with Crippen molar-refractivity contribution in [1.82, 2.24) is 4.90 Å². The van der Waals surface area contributed by atoms with Crippen LogP contribution in [0.15, 0.2) is 17.5 Å². The molecule has 0 radical (unpaired) electrons. The fraction of sp³-hybridized carbons (Fsp3) is 0.500. The zero-order valence-electron chi connectivity index (χ0n) is 9.91. The van der Waals surface area contributed by atoms with Gasteiger partial charge in [-0.15, -0.1) is 11.3 Å². The van der Waals surface area contributed by atoms with Gasteiger partial charge in [0, 0.05) is 11.4 Å². The minimum Gasteiger partial charge on any atom is -0.481 e. The van der Waals surface area contributed by atoms with Crippen molar-refractivity contribution in [3.8, 4) is 0 Å². The first-order chi connectivity index (χ1) is 8.59. The number of aliphatic carboxylic acids is 1. The Morgan fingerprint density at radius 1 is 1.61 bits per heavy atom. The van der Waals surface area contributed by atoms with Gasteiger partial charge in [0.15, 0.2) is 0 Å². The lowest BCUT2D eigenvalue weighted by atomic mass is 10.1. The van der Waals surface area contributed by atoms with Crippen LogP contribution in [0, 0.1) is 0 Å². The molecule has 0 aliphatic carbocycles. The van der Waals surface area contributed by atoms with Gasteiger partial charge in [-0.1, -0.05) is 6.07 Å². The minimum atomic E-state index is -1.04. The largest absolute Gasteiger partial charge is 0.481 e. The minimum absolute atomic E-state index is 0.0670. The molecule has 3 N–H and O–H groups in total. The van der Waals surface area contributed by atoms with Crippen LogP contribution in [0.5, 0.6) is 0 Å². The maximum atomic E-state index is 12.1. The molecule has 1 aromatic heterocycles. The van der Waals surface area contributed by atoms with E-state index in [2.05, 4.69) is 0 Å². The summed E-state index contributed by atoms with van der Waals surface area (Å²) >= 11 is 1.62. The number of hydrogen-bond donors (Lipinski definition) is 2. The number of rotatable bonds is 4. The third-order valence-corrected chi connectivity index (χ3v) is 4.09. The summed E-state index contributed by atoms with van der Waals surface area (Å²) in [5, 5.41) is 10.7. The van der Waals surface area contributed by atoms with Gasteiger partial charge in [0.25, 0.3) is 0 Å². The van der Waals surface area contributed by atoms with Crippen molar-refractivity contribution in [2.45, 2.75) is 31.3 Å². The van der Waals surface area contributed by atoms with E-state index in [1.54, 1.807) is 16.2 Å². The smallest absolute Gasteiger partial charge is 0.305 e. The van der Waals surface area contributed by atoms with Gasteiger partial charge in [0.05, 0.1) is 18.5 Å². The van der Waals surface area contributed by atoms with Crippen molar-refractivity contribution in [1.29, 1.82) is 0 Å². The highest BCUT2D eigenvalue weighted by Gasteiger charge is 2.33. The second-order valence-corrected chi connectivity index (χ2v) is 5.39. The maximum absolute atomic E-state index is 12.1. The summed E-state index contributed by atoms with van der Waals surface area (Å²) < 4.78 is 0. The van der Waals surface area contributed by atoms with Crippen molar-refractivity contribution >= 4 is 23.2 Å². The van der Waals surface area contributed by atoms with E-state index in [9.17, 15) is 9.59 Å². The van der Waals surface area contributed by atoms with Gasteiger partial charge >= 0.3 is 5.97 Å². The zero-order valence-corrected chi connectivity index (χ0v) is 10.7. The van der Waals surface area contributed by atoms with Crippen LogP contribution in [-0.2, 0) is 9.59 Å². The molecule has 18 heavy (non-hydrogen) atoms. The van der Waals surface area contributed by atoms with Gasteiger partial charge in [0.2, 0.25) is 5.91 Å². The molecule has 0 saturated carbocycles. The Labute approximate surface area is 109 Å². The van der Waals surface area contributed by atoms with Gasteiger partial charge in [-0.2, -0.15) is 0 Å². The van der Waals surface area contributed by atoms with E-state index in [1.807, 2.05) is 17.5 Å². The number of carbonyl (C=O) groups excluding carboxylic acids is 1. The molecule has 2 unspecified atom stereocenters. The number of carbonyl (C=O) groups is 2. The van der Waals surface area contributed by atoms with Crippen molar-refractivity contribution in [2.75, 3.05) is 6.54 Å². The number of amides is 1. The Hall–Kier alpha value is -1.40. The lowest BCUT2D eigenvalue weighted by Crippen LogP contribution is -2.44. The quantitative estimate of drug-likeness (QED) is 0.859. The van der Waals surface area contributed by atoms with E-state index in [0.717, 1.165) is 17.7 Å². The Kier molecular flexibility index (Phi) is 3.98. The fourth-order valence-corrected chi connectivity index (χ4v) is 3.17. The van der Waals surface area contributed by atoms with Crippen LogP contribution < -0.4 is 5.73 Å². The Balaban J connectivity index is 2.07. The molecule has 2 rings (SSSR count). The molecule has 0 aromatic carbocycles. The normalized spacial score (nSPS) is 20.9. The third kappa shape index (κ3) is 2.70. The molecule has 1 aromatic rings. The summed E-state index contributed by atoms with van der Waals surface area (Å²) in [7, 11) is 0. The number of hydrogen-bond acceptors (Lipinski definition) is 4. The van der Waals surface area contributed by atoms with Crippen LogP contribution in [0.2, 0.25) is 0 Å². The van der Waals surface area contributed by atoms with Crippen molar-refractivity contribution in [2.24, 2.45) is 5.73 Å².